The number of alkyl halides is 3. The lowest BCUT2D eigenvalue weighted by Gasteiger charge is -2.24. The molecule has 0 spiro atoms. The maximum absolute atomic E-state index is 12.6. The Hall–Kier alpha value is -1.56. The largest absolute Gasteiger partial charge is 0.416 e. The molecule has 1 aromatic rings. The maximum atomic E-state index is 12.6. The van der Waals surface area contributed by atoms with E-state index < -0.39 is 11.7 Å². The van der Waals surface area contributed by atoms with Gasteiger partial charge < -0.3 is 4.90 Å². The molecule has 0 unspecified atom stereocenters. The van der Waals surface area contributed by atoms with Crippen LogP contribution in [0.5, 0.6) is 0 Å². The van der Waals surface area contributed by atoms with Gasteiger partial charge in [0, 0.05) is 38.6 Å². The fourth-order valence-electron chi connectivity index (χ4n) is 3.84. The van der Waals surface area contributed by atoms with Gasteiger partial charge in [0.2, 0.25) is 5.91 Å². The number of hydrogen-bond donors (Lipinski definition) is 0. The number of halogens is 3. The molecule has 1 saturated heterocycles. The second-order valence-electron chi connectivity index (χ2n) is 7.13. The van der Waals surface area contributed by atoms with Crippen LogP contribution in [0.1, 0.15) is 43.2 Å². The first-order valence-corrected chi connectivity index (χ1v) is 9.11. The van der Waals surface area contributed by atoms with Crippen LogP contribution in [0.25, 0.3) is 0 Å². The molecule has 1 aliphatic heterocycles. The van der Waals surface area contributed by atoms with Crippen molar-refractivity contribution in [2.75, 3.05) is 26.2 Å². The van der Waals surface area contributed by atoms with Gasteiger partial charge in [0.25, 0.3) is 0 Å². The van der Waals surface area contributed by atoms with E-state index in [1.54, 1.807) is 12.1 Å². The fraction of sp³-hybridized carbons (Fsp3) is 0.632. The Morgan fingerprint density at radius 2 is 1.64 bits per heavy atom. The number of carbonyl (C=O) groups is 1. The van der Waals surface area contributed by atoms with Crippen LogP contribution in [0.4, 0.5) is 13.2 Å². The summed E-state index contributed by atoms with van der Waals surface area (Å²) in [5.74, 6) is 0.510. The standard InChI is InChI=1S/C19H25F3N2O/c20-19(21,22)17-8-6-15(7-9-17)14-23-10-3-11-24(13-12-23)18(25)16-4-1-2-5-16/h6-9,16H,1-5,10-14H2. The van der Waals surface area contributed by atoms with Gasteiger partial charge >= 0.3 is 6.18 Å². The molecule has 0 N–H and O–H groups in total. The number of carbonyl (C=O) groups excluding carboxylic acids is 1. The Bertz CT molecular complexity index is 579. The van der Waals surface area contributed by atoms with Crippen LogP contribution in [0, 0.1) is 5.92 Å². The van der Waals surface area contributed by atoms with E-state index in [0.29, 0.717) is 12.5 Å². The lowest BCUT2D eigenvalue weighted by atomic mass is 10.1. The monoisotopic (exact) mass is 354 g/mol. The highest BCUT2D eigenvalue weighted by Crippen LogP contribution is 2.29. The predicted octanol–water partition coefficient (Wildman–Crippen LogP) is 3.93. The SMILES string of the molecule is O=C(C1CCCC1)N1CCCN(Cc2ccc(C(F)(F)F)cc2)CC1. The lowest BCUT2D eigenvalue weighted by molar-refractivity contribution is -0.137. The highest BCUT2D eigenvalue weighted by Gasteiger charge is 2.30. The second kappa shape index (κ2) is 7.77. The molecule has 1 amide bonds. The highest BCUT2D eigenvalue weighted by molar-refractivity contribution is 5.79. The third-order valence-corrected chi connectivity index (χ3v) is 5.29. The number of benzene rings is 1. The molecule has 138 valence electrons. The predicted molar refractivity (Wildman–Crippen MR) is 89.9 cm³/mol. The molecule has 1 aromatic carbocycles. The van der Waals surface area contributed by atoms with Gasteiger partial charge in [-0.25, -0.2) is 0 Å². The molecule has 1 saturated carbocycles. The van der Waals surface area contributed by atoms with Gasteiger partial charge in [0.15, 0.2) is 0 Å². The Morgan fingerprint density at radius 1 is 0.960 bits per heavy atom. The van der Waals surface area contributed by atoms with E-state index >= 15 is 0 Å². The smallest absolute Gasteiger partial charge is 0.341 e. The van der Waals surface area contributed by atoms with Crippen LogP contribution in [-0.4, -0.2) is 41.9 Å². The molecule has 25 heavy (non-hydrogen) atoms. The third kappa shape index (κ3) is 4.75. The second-order valence-corrected chi connectivity index (χ2v) is 7.13. The fourth-order valence-corrected chi connectivity index (χ4v) is 3.84. The minimum Gasteiger partial charge on any atom is -0.341 e. The van der Waals surface area contributed by atoms with E-state index in [0.717, 1.165) is 76.0 Å². The number of nitrogens with zero attached hydrogens (tertiary/aromatic N) is 2. The Morgan fingerprint density at radius 3 is 2.28 bits per heavy atom. The van der Waals surface area contributed by atoms with Crippen molar-refractivity contribution in [3.63, 3.8) is 0 Å². The van der Waals surface area contributed by atoms with E-state index in [4.69, 9.17) is 0 Å². The number of hydrogen-bond acceptors (Lipinski definition) is 2. The quantitative estimate of drug-likeness (QED) is 0.821. The molecule has 3 nitrogen and oxygen atoms in total. The zero-order chi connectivity index (χ0) is 17.9. The molecule has 0 bridgehead atoms. The first-order valence-electron chi connectivity index (χ1n) is 9.11. The van der Waals surface area contributed by atoms with Crippen LogP contribution < -0.4 is 0 Å². The van der Waals surface area contributed by atoms with Gasteiger partial charge in [0.05, 0.1) is 5.56 Å². The summed E-state index contributed by atoms with van der Waals surface area (Å²) in [6.07, 6.45) is 0.977. The molecule has 0 aromatic heterocycles. The summed E-state index contributed by atoms with van der Waals surface area (Å²) in [5, 5.41) is 0. The molecule has 0 radical (unpaired) electrons. The van der Waals surface area contributed by atoms with Crippen LogP contribution in [0.2, 0.25) is 0 Å². The third-order valence-electron chi connectivity index (χ3n) is 5.29. The van der Waals surface area contributed by atoms with Gasteiger partial charge in [-0.3, -0.25) is 9.69 Å². The van der Waals surface area contributed by atoms with Crippen molar-refractivity contribution in [3.8, 4) is 0 Å². The minimum absolute atomic E-state index is 0.210. The van der Waals surface area contributed by atoms with Crippen LogP contribution in [-0.2, 0) is 17.5 Å². The Kier molecular flexibility index (Phi) is 5.67. The van der Waals surface area contributed by atoms with E-state index in [9.17, 15) is 18.0 Å². The first-order chi connectivity index (χ1) is 11.9. The number of amides is 1. The van der Waals surface area contributed by atoms with Crippen molar-refractivity contribution in [2.45, 2.75) is 44.8 Å². The highest BCUT2D eigenvalue weighted by atomic mass is 19.4. The van der Waals surface area contributed by atoms with E-state index in [1.807, 2.05) is 4.90 Å². The summed E-state index contributed by atoms with van der Waals surface area (Å²) < 4.78 is 37.9. The molecule has 1 aliphatic carbocycles. The molecule has 1 heterocycles. The summed E-state index contributed by atoms with van der Waals surface area (Å²) in [6, 6.07) is 5.39. The Balaban J connectivity index is 1.53. The summed E-state index contributed by atoms with van der Waals surface area (Å²) in [5.41, 5.74) is 0.268. The van der Waals surface area contributed by atoms with Crippen molar-refractivity contribution in [1.29, 1.82) is 0 Å². The van der Waals surface area contributed by atoms with Crippen molar-refractivity contribution in [2.24, 2.45) is 5.92 Å². The van der Waals surface area contributed by atoms with Gasteiger partial charge in [0.1, 0.15) is 0 Å². The van der Waals surface area contributed by atoms with Gasteiger partial charge in [-0.15, -0.1) is 0 Å². The van der Waals surface area contributed by atoms with Gasteiger partial charge in [-0.05, 0) is 37.0 Å². The minimum atomic E-state index is -4.29. The topological polar surface area (TPSA) is 23.6 Å². The average molecular weight is 354 g/mol. The van der Waals surface area contributed by atoms with Crippen LogP contribution >= 0.6 is 0 Å². The van der Waals surface area contributed by atoms with Crippen LogP contribution in [0.3, 0.4) is 0 Å². The van der Waals surface area contributed by atoms with E-state index in [-0.39, 0.29) is 5.92 Å². The molecule has 6 heteroatoms. The molecule has 0 atom stereocenters. The summed E-state index contributed by atoms with van der Waals surface area (Å²) in [6.45, 7) is 3.79. The Labute approximate surface area is 146 Å². The van der Waals surface area contributed by atoms with Gasteiger partial charge in [-0.1, -0.05) is 25.0 Å². The van der Waals surface area contributed by atoms with Crippen LogP contribution in [0.15, 0.2) is 24.3 Å². The molecular formula is C19H25F3N2O. The van der Waals surface area contributed by atoms with Crippen molar-refractivity contribution in [1.82, 2.24) is 9.80 Å². The molecule has 2 fully saturated rings. The lowest BCUT2D eigenvalue weighted by Crippen LogP contribution is -2.38. The van der Waals surface area contributed by atoms with Crippen molar-refractivity contribution >= 4 is 5.91 Å². The maximum Gasteiger partial charge on any atom is 0.416 e. The average Bonchev–Trinajstić information content (AvgIpc) is 3.01. The number of rotatable bonds is 3. The normalized spacial score (nSPS) is 20.7. The summed E-state index contributed by atoms with van der Waals surface area (Å²) in [4.78, 5) is 16.8. The van der Waals surface area contributed by atoms with E-state index in [2.05, 4.69) is 4.90 Å². The summed E-state index contributed by atoms with van der Waals surface area (Å²) in [7, 11) is 0. The zero-order valence-electron chi connectivity index (χ0n) is 14.4. The summed E-state index contributed by atoms with van der Waals surface area (Å²) >= 11 is 0. The van der Waals surface area contributed by atoms with Gasteiger partial charge in [-0.2, -0.15) is 13.2 Å². The molecular weight excluding hydrogens is 329 g/mol. The zero-order valence-corrected chi connectivity index (χ0v) is 14.4. The van der Waals surface area contributed by atoms with E-state index in [1.165, 1.54) is 0 Å². The first kappa shape index (κ1) is 18.2. The molecule has 3 rings (SSSR count). The molecule has 2 aliphatic rings. The van der Waals surface area contributed by atoms with Crippen molar-refractivity contribution in [3.05, 3.63) is 35.4 Å². The van der Waals surface area contributed by atoms with Crippen molar-refractivity contribution < 1.29 is 18.0 Å².